The average Bonchev–Trinajstić information content (AvgIpc) is 2.65. The summed E-state index contributed by atoms with van der Waals surface area (Å²) >= 11 is 0. The number of nitrogens with zero attached hydrogens (tertiary/aromatic N) is 1. The molecule has 1 amide bonds. The van der Waals surface area contributed by atoms with E-state index in [0.29, 0.717) is 32.5 Å². The van der Waals surface area contributed by atoms with Crippen LogP contribution in [0.15, 0.2) is 0 Å². The summed E-state index contributed by atoms with van der Waals surface area (Å²) in [7, 11) is -2.90. The van der Waals surface area contributed by atoms with Crippen LogP contribution in [0.4, 0.5) is 0 Å². The van der Waals surface area contributed by atoms with Crippen molar-refractivity contribution in [1.29, 1.82) is 0 Å². The number of rotatable bonds is 6. The molecule has 0 aliphatic carbocycles. The van der Waals surface area contributed by atoms with Crippen molar-refractivity contribution in [2.45, 2.75) is 33.6 Å². The fraction of sp³-hybridized carbons (Fsp3) is 0.923. The van der Waals surface area contributed by atoms with Gasteiger partial charge in [-0.15, -0.1) is 0 Å². The minimum absolute atomic E-state index is 0.00691. The maximum Gasteiger partial charge on any atom is 0.222 e. The standard InChI is InChI=1S/C13H26N2O3S/c1-4-15(10-13(2,3)9-14)12(16)7-11-5-6-19(17,18)8-11/h11H,4-10,14H2,1-3H3. The lowest BCUT2D eigenvalue weighted by Crippen LogP contribution is -2.42. The van der Waals surface area contributed by atoms with Gasteiger partial charge >= 0.3 is 0 Å². The third-order valence-electron chi connectivity index (χ3n) is 3.70. The first-order valence-corrected chi connectivity index (χ1v) is 8.69. The van der Waals surface area contributed by atoms with Crippen molar-refractivity contribution in [3.05, 3.63) is 0 Å². The van der Waals surface area contributed by atoms with Gasteiger partial charge < -0.3 is 10.6 Å². The Balaban J connectivity index is 2.56. The zero-order valence-electron chi connectivity index (χ0n) is 12.2. The van der Waals surface area contributed by atoms with Crippen LogP contribution in [0.25, 0.3) is 0 Å². The molecule has 1 fully saturated rings. The molecule has 112 valence electrons. The molecule has 6 heteroatoms. The molecular weight excluding hydrogens is 264 g/mol. The van der Waals surface area contributed by atoms with Gasteiger partial charge in [-0.2, -0.15) is 0 Å². The highest BCUT2D eigenvalue weighted by Crippen LogP contribution is 2.23. The van der Waals surface area contributed by atoms with Crippen molar-refractivity contribution < 1.29 is 13.2 Å². The Morgan fingerprint density at radius 1 is 1.42 bits per heavy atom. The van der Waals surface area contributed by atoms with Crippen LogP contribution in [0.3, 0.4) is 0 Å². The van der Waals surface area contributed by atoms with Gasteiger partial charge in [-0.05, 0) is 31.2 Å². The van der Waals surface area contributed by atoms with Crippen LogP contribution in [0.2, 0.25) is 0 Å². The summed E-state index contributed by atoms with van der Waals surface area (Å²) in [6, 6.07) is 0. The lowest BCUT2D eigenvalue weighted by molar-refractivity contribution is -0.133. The quantitative estimate of drug-likeness (QED) is 0.778. The van der Waals surface area contributed by atoms with E-state index >= 15 is 0 Å². The predicted molar refractivity (Wildman–Crippen MR) is 76.5 cm³/mol. The maximum absolute atomic E-state index is 12.2. The second-order valence-electron chi connectivity index (χ2n) is 6.25. The molecule has 0 saturated carbocycles. The molecule has 1 saturated heterocycles. The van der Waals surface area contributed by atoms with Gasteiger partial charge in [0.1, 0.15) is 0 Å². The largest absolute Gasteiger partial charge is 0.342 e. The van der Waals surface area contributed by atoms with E-state index in [-0.39, 0.29) is 28.7 Å². The van der Waals surface area contributed by atoms with E-state index in [1.807, 2.05) is 20.8 Å². The van der Waals surface area contributed by atoms with E-state index in [1.165, 1.54) is 0 Å². The van der Waals surface area contributed by atoms with Crippen molar-refractivity contribution in [3.8, 4) is 0 Å². The summed E-state index contributed by atoms with van der Waals surface area (Å²) in [5.74, 6) is 0.431. The highest BCUT2D eigenvalue weighted by Gasteiger charge is 2.31. The van der Waals surface area contributed by atoms with Crippen LogP contribution >= 0.6 is 0 Å². The second kappa shape index (κ2) is 6.22. The first-order chi connectivity index (χ1) is 8.69. The van der Waals surface area contributed by atoms with Crippen molar-refractivity contribution in [3.63, 3.8) is 0 Å². The summed E-state index contributed by atoms with van der Waals surface area (Å²) in [6.07, 6.45) is 0.958. The molecule has 1 unspecified atom stereocenters. The van der Waals surface area contributed by atoms with Crippen LogP contribution in [-0.4, -0.2) is 50.4 Å². The van der Waals surface area contributed by atoms with E-state index < -0.39 is 9.84 Å². The zero-order chi connectivity index (χ0) is 14.7. The fourth-order valence-corrected chi connectivity index (χ4v) is 4.23. The Labute approximate surface area is 116 Å². The molecule has 0 aromatic carbocycles. The average molecular weight is 290 g/mol. The summed E-state index contributed by atoms with van der Waals surface area (Å²) < 4.78 is 22.8. The topological polar surface area (TPSA) is 80.5 Å². The van der Waals surface area contributed by atoms with Crippen molar-refractivity contribution >= 4 is 15.7 Å². The molecule has 19 heavy (non-hydrogen) atoms. The molecule has 1 aliphatic rings. The van der Waals surface area contributed by atoms with Crippen molar-refractivity contribution in [1.82, 2.24) is 4.90 Å². The van der Waals surface area contributed by atoms with Crippen LogP contribution < -0.4 is 5.73 Å². The summed E-state index contributed by atoms with van der Waals surface area (Å²) in [6.45, 7) is 7.79. The summed E-state index contributed by atoms with van der Waals surface area (Å²) in [5, 5.41) is 0. The molecule has 0 aromatic rings. The number of carbonyl (C=O) groups is 1. The molecule has 1 heterocycles. The molecular formula is C13H26N2O3S. The molecule has 5 nitrogen and oxygen atoms in total. The fourth-order valence-electron chi connectivity index (χ4n) is 2.37. The van der Waals surface area contributed by atoms with Crippen LogP contribution in [0.1, 0.15) is 33.6 Å². The minimum atomic E-state index is -2.90. The second-order valence-corrected chi connectivity index (χ2v) is 8.48. The van der Waals surface area contributed by atoms with Gasteiger partial charge in [0.2, 0.25) is 5.91 Å². The lowest BCUT2D eigenvalue weighted by atomic mass is 9.92. The Kier molecular flexibility index (Phi) is 5.38. The van der Waals surface area contributed by atoms with E-state index in [0.717, 1.165) is 0 Å². The third kappa shape index (κ3) is 5.10. The smallest absolute Gasteiger partial charge is 0.222 e. The lowest BCUT2D eigenvalue weighted by Gasteiger charge is -2.31. The molecule has 1 aliphatic heterocycles. The SMILES string of the molecule is CCN(CC(C)(C)CN)C(=O)CC1CCS(=O)(=O)C1. The van der Waals surface area contributed by atoms with Gasteiger partial charge in [0, 0.05) is 19.5 Å². The number of hydrogen-bond acceptors (Lipinski definition) is 4. The zero-order valence-corrected chi connectivity index (χ0v) is 13.0. The van der Waals surface area contributed by atoms with Gasteiger partial charge in [-0.25, -0.2) is 8.42 Å². The van der Waals surface area contributed by atoms with Gasteiger partial charge in [0.15, 0.2) is 9.84 Å². The molecule has 1 atom stereocenters. The van der Waals surface area contributed by atoms with Gasteiger partial charge in [0.05, 0.1) is 11.5 Å². The number of amides is 1. The van der Waals surface area contributed by atoms with E-state index in [9.17, 15) is 13.2 Å². The maximum atomic E-state index is 12.2. The summed E-state index contributed by atoms with van der Waals surface area (Å²) in [4.78, 5) is 14.0. The third-order valence-corrected chi connectivity index (χ3v) is 5.53. The van der Waals surface area contributed by atoms with Crippen molar-refractivity contribution in [2.75, 3.05) is 31.1 Å². The molecule has 1 rings (SSSR count). The normalized spacial score (nSPS) is 22.4. The van der Waals surface area contributed by atoms with Crippen molar-refractivity contribution in [2.24, 2.45) is 17.1 Å². The van der Waals surface area contributed by atoms with Crippen LogP contribution in [-0.2, 0) is 14.6 Å². The van der Waals surface area contributed by atoms with Gasteiger partial charge in [-0.1, -0.05) is 13.8 Å². The highest BCUT2D eigenvalue weighted by atomic mass is 32.2. The first-order valence-electron chi connectivity index (χ1n) is 6.87. The number of nitrogens with two attached hydrogens (primary N) is 1. The minimum Gasteiger partial charge on any atom is -0.342 e. The summed E-state index contributed by atoms with van der Waals surface area (Å²) in [5.41, 5.74) is 5.59. The van der Waals surface area contributed by atoms with Crippen LogP contribution in [0.5, 0.6) is 0 Å². The highest BCUT2D eigenvalue weighted by molar-refractivity contribution is 7.91. The number of hydrogen-bond donors (Lipinski definition) is 1. The van der Waals surface area contributed by atoms with Gasteiger partial charge in [0.25, 0.3) is 0 Å². The molecule has 2 N–H and O–H groups in total. The number of carbonyl (C=O) groups excluding carboxylic acids is 1. The number of sulfone groups is 1. The Morgan fingerprint density at radius 3 is 2.47 bits per heavy atom. The van der Waals surface area contributed by atoms with Crippen LogP contribution in [0, 0.1) is 11.3 Å². The predicted octanol–water partition coefficient (Wildman–Crippen LogP) is 0.645. The monoisotopic (exact) mass is 290 g/mol. The molecule has 0 aromatic heterocycles. The molecule has 0 radical (unpaired) electrons. The Hall–Kier alpha value is -0.620. The molecule has 0 bridgehead atoms. The van der Waals surface area contributed by atoms with E-state index in [4.69, 9.17) is 5.73 Å². The first kappa shape index (κ1) is 16.4. The van der Waals surface area contributed by atoms with Gasteiger partial charge in [-0.3, -0.25) is 4.79 Å². The molecule has 0 spiro atoms. The Morgan fingerprint density at radius 2 is 2.05 bits per heavy atom. The van der Waals surface area contributed by atoms with E-state index in [2.05, 4.69) is 0 Å². The van der Waals surface area contributed by atoms with E-state index in [1.54, 1.807) is 4.90 Å². The Bertz CT molecular complexity index is 418.